The second kappa shape index (κ2) is 5.43. The van der Waals surface area contributed by atoms with Gasteiger partial charge in [0, 0.05) is 11.5 Å². The number of hydrogen-bond acceptors (Lipinski definition) is 3. The van der Waals surface area contributed by atoms with Crippen molar-refractivity contribution < 1.29 is 15.0 Å². The first-order chi connectivity index (χ1) is 7.65. The number of nitrogens with zero attached hydrogens (tertiary/aromatic N) is 3. The summed E-state index contributed by atoms with van der Waals surface area (Å²) in [6.07, 6.45) is 3.21. The lowest BCUT2D eigenvalue weighted by atomic mass is 10.1. The van der Waals surface area contributed by atoms with Crippen LogP contribution in [0, 0.1) is 0 Å². The predicted octanol–water partition coefficient (Wildman–Crippen LogP) is 2.41. The van der Waals surface area contributed by atoms with Gasteiger partial charge in [-0.3, -0.25) is 0 Å². The third-order valence-corrected chi connectivity index (χ3v) is 1.81. The van der Waals surface area contributed by atoms with Crippen molar-refractivity contribution in [3.05, 3.63) is 45.8 Å². The highest BCUT2D eigenvalue weighted by Gasteiger charge is 2.08. The zero-order valence-electron chi connectivity index (χ0n) is 8.24. The molecular formula is C10H9N3O3. The summed E-state index contributed by atoms with van der Waals surface area (Å²) >= 11 is 0. The van der Waals surface area contributed by atoms with Gasteiger partial charge in [-0.15, -0.1) is 0 Å². The molecule has 6 heteroatoms. The number of hydrogen-bond donors (Lipinski definition) is 2. The molecule has 0 fully saturated rings. The fraction of sp³-hybridized carbons (Fsp3) is 0.100. The molecule has 0 spiro atoms. The Bertz CT molecular complexity index is 476. The molecule has 1 aromatic rings. The van der Waals surface area contributed by atoms with Gasteiger partial charge in [0.25, 0.3) is 0 Å². The van der Waals surface area contributed by atoms with Gasteiger partial charge in [-0.25, -0.2) is 4.79 Å². The lowest BCUT2D eigenvalue weighted by Crippen LogP contribution is -1.96. The maximum Gasteiger partial charge on any atom is 0.339 e. The molecule has 6 nitrogen and oxygen atoms in total. The van der Waals surface area contributed by atoms with Gasteiger partial charge in [0.05, 0.1) is 0 Å². The van der Waals surface area contributed by atoms with E-state index in [1.165, 1.54) is 12.1 Å². The van der Waals surface area contributed by atoms with Crippen molar-refractivity contribution >= 4 is 12.0 Å². The lowest BCUT2D eigenvalue weighted by Gasteiger charge is -2.00. The Labute approximate surface area is 91.1 Å². The van der Waals surface area contributed by atoms with Gasteiger partial charge in [0.2, 0.25) is 0 Å². The maximum absolute atomic E-state index is 10.7. The van der Waals surface area contributed by atoms with E-state index in [1.54, 1.807) is 18.2 Å². The minimum atomic E-state index is -1.19. The normalized spacial score (nSPS) is 10.0. The second-order valence-electron chi connectivity index (χ2n) is 2.90. The standard InChI is InChI=1S/C10H9N3O3/c11-13-12-5-1-2-7-3-4-9(14)8(6-7)10(15)16/h1-4,6,14H,5H2,(H,15,16). The van der Waals surface area contributed by atoms with E-state index in [1.807, 2.05) is 0 Å². The fourth-order valence-electron chi connectivity index (χ4n) is 1.10. The van der Waals surface area contributed by atoms with Crippen LogP contribution in [-0.2, 0) is 0 Å². The molecule has 0 bridgehead atoms. The smallest absolute Gasteiger partial charge is 0.339 e. The lowest BCUT2D eigenvalue weighted by molar-refractivity contribution is 0.0693. The average molecular weight is 219 g/mol. The Morgan fingerprint density at radius 2 is 2.31 bits per heavy atom. The SMILES string of the molecule is [N-]=[N+]=NCC=Cc1ccc(O)c(C(=O)O)c1. The molecule has 1 rings (SSSR count). The van der Waals surface area contributed by atoms with Crippen molar-refractivity contribution in [2.45, 2.75) is 0 Å². The molecule has 0 aliphatic carbocycles. The van der Waals surface area contributed by atoms with E-state index in [4.69, 9.17) is 10.6 Å². The van der Waals surface area contributed by atoms with Crippen LogP contribution in [0.2, 0.25) is 0 Å². The number of carbonyl (C=O) groups is 1. The Balaban J connectivity index is 2.90. The van der Waals surface area contributed by atoms with Gasteiger partial charge in [0.15, 0.2) is 0 Å². The number of benzene rings is 1. The first-order valence-electron chi connectivity index (χ1n) is 4.39. The number of azide groups is 1. The highest BCUT2D eigenvalue weighted by atomic mass is 16.4. The van der Waals surface area contributed by atoms with Crippen molar-refractivity contribution in [2.24, 2.45) is 5.11 Å². The number of rotatable bonds is 4. The predicted molar refractivity (Wildman–Crippen MR) is 58.1 cm³/mol. The molecule has 2 N–H and O–H groups in total. The van der Waals surface area contributed by atoms with Crippen LogP contribution < -0.4 is 0 Å². The summed E-state index contributed by atoms with van der Waals surface area (Å²) < 4.78 is 0. The van der Waals surface area contributed by atoms with Crippen LogP contribution in [0.4, 0.5) is 0 Å². The van der Waals surface area contributed by atoms with E-state index in [0.29, 0.717) is 5.56 Å². The second-order valence-corrected chi connectivity index (χ2v) is 2.90. The molecule has 0 heterocycles. The summed E-state index contributed by atoms with van der Waals surface area (Å²) in [7, 11) is 0. The van der Waals surface area contributed by atoms with Crippen LogP contribution in [0.5, 0.6) is 5.75 Å². The van der Waals surface area contributed by atoms with Crippen molar-refractivity contribution in [1.29, 1.82) is 0 Å². The molecule has 1 aromatic carbocycles. The van der Waals surface area contributed by atoms with Crippen molar-refractivity contribution in [3.63, 3.8) is 0 Å². The molecule has 0 aliphatic heterocycles. The minimum Gasteiger partial charge on any atom is -0.507 e. The van der Waals surface area contributed by atoms with E-state index < -0.39 is 5.97 Å². The number of aromatic hydroxyl groups is 1. The Hall–Kier alpha value is -2.46. The first-order valence-corrected chi connectivity index (χ1v) is 4.39. The molecule has 0 unspecified atom stereocenters. The van der Waals surface area contributed by atoms with Gasteiger partial charge in [-0.1, -0.05) is 23.3 Å². The third kappa shape index (κ3) is 3.04. The summed E-state index contributed by atoms with van der Waals surface area (Å²) in [5.74, 6) is -1.47. The highest BCUT2D eigenvalue weighted by Crippen LogP contribution is 2.19. The van der Waals surface area contributed by atoms with Crippen LogP contribution in [0.25, 0.3) is 16.5 Å². The molecular weight excluding hydrogens is 210 g/mol. The van der Waals surface area contributed by atoms with Gasteiger partial charge < -0.3 is 10.2 Å². The van der Waals surface area contributed by atoms with E-state index in [-0.39, 0.29) is 17.9 Å². The molecule has 0 saturated heterocycles. The van der Waals surface area contributed by atoms with E-state index >= 15 is 0 Å². The average Bonchev–Trinajstić information content (AvgIpc) is 2.26. The summed E-state index contributed by atoms with van der Waals surface area (Å²) in [5.41, 5.74) is 8.48. The molecule has 0 saturated carbocycles. The van der Waals surface area contributed by atoms with Gasteiger partial charge >= 0.3 is 5.97 Å². The van der Waals surface area contributed by atoms with Crippen molar-refractivity contribution in [1.82, 2.24) is 0 Å². The van der Waals surface area contributed by atoms with Crippen LogP contribution >= 0.6 is 0 Å². The Kier molecular flexibility index (Phi) is 3.94. The number of carboxylic acids is 1. The number of carboxylic acid groups (broad SMARTS) is 1. The fourth-order valence-corrected chi connectivity index (χ4v) is 1.10. The summed E-state index contributed by atoms with van der Waals surface area (Å²) in [5, 5.41) is 21.3. The topological polar surface area (TPSA) is 106 Å². The maximum atomic E-state index is 10.7. The highest BCUT2D eigenvalue weighted by molar-refractivity contribution is 5.91. The molecule has 0 radical (unpaired) electrons. The van der Waals surface area contributed by atoms with E-state index in [2.05, 4.69) is 10.0 Å². The molecule has 0 amide bonds. The van der Waals surface area contributed by atoms with E-state index in [9.17, 15) is 9.90 Å². The Morgan fingerprint density at radius 3 is 2.94 bits per heavy atom. The molecule has 0 aromatic heterocycles. The number of aromatic carboxylic acids is 1. The van der Waals surface area contributed by atoms with Crippen LogP contribution in [0.1, 0.15) is 15.9 Å². The molecule has 16 heavy (non-hydrogen) atoms. The van der Waals surface area contributed by atoms with Gasteiger partial charge in [-0.05, 0) is 23.2 Å². The largest absolute Gasteiger partial charge is 0.507 e. The third-order valence-electron chi connectivity index (χ3n) is 1.81. The molecule has 0 atom stereocenters. The van der Waals surface area contributed by atoms with Gasteiger partial charge in [0.1, 0.15) is 11.3 Å². The Morgan fingerprint density at radius 1 is 1.56 bits per heavy atom. The first kappa shape index (κ1) is 11.6. The zero-order valence-corrected chi connectivity index (χ0v) is 8.24. The minimum absolute atomic E-state index is 0.161. The van der Waals surface area contributed by atoms with E-state index in [0.717, 1.165) is 0 Å². The summed E-state index contributed by atoms with van der Waals surface area (Å²) in [4.78, 5) is 13.3. The monoisotopic (exact) mass is 219 g/mol. The quantitative estimate of drug-likeness (QED) is 0.461. The summed E-state index contributed by atoms with van der Waals surface area (Å²) in [6.45, 7) is 0.194. The van der Waals surface area contributed by atoms with Gasteiger partial charge in [-0.2, -0.15) is 0 Å². The number of phenols is 1. The molecule has 82 valence electrons. The summed E-state index contributed by atoms with van der Waals surface area (Å²) in [6, 6.07) is 4.20. The zero-order chi connectivity index (χ0) is 12.0. The van der Waals surface area contributed by atoms with Crippen molar-refractivity contribution in [3.8, 4) is 5.75 Å². The molecule has 0 aliphatic rings. The van der Waals surface area contributed by atoms with Crippen molar-refractivity contribution in [2.75, 3.05) is 6.54 Å². The van der Waals surface area contributed by atoms with Crippen LogP contribution in [-0.4, -0.2) is 22.7 Å². The van der Waals surface area contributed by atoms with Crippen LogP contribution in [0.3, 0.4) is 0 Å². The van der Waals surface area contributed by atoms with Crippen LogP contribution in [0.15, 0.2) is 29.4 Å².